The summed E-state index contributed by atoms with van der Waals surface area (Å²) in [6.07, 6.45) is 54.0. The minimum absolute atomic E-state index is 1.00. The summed E-state index contributed by atoms with van der Waals surface area (Å²) < 4.78 is 0. The SMILES string of the molecule is C1CCCCCCCCCCCCCCCCCCCCCCCCCCCCCCCCCCC1.CO.CO.CO.CO.CO. The van der Waals surface area contributed by atoms with E-state index in [1.54, 1.807) is 0 Å². The summed E-state index contributed by atoms with van der Waals surface area (Å²) in [7, 11) is 5.00. The molecule has 5 heteroatoms. The lowest BCUT2D eigenvalue weighted by molar-refractivity contribution is 0.399. The summed E-state index contributed by atoms with van der Waals surface area (Å²) in [6.45, 7) is 0. The molecule has 0 aromatic rings. The van der Waals surface area contributed by atoms with Crippen molar-refractivity contribution in [3.63, 3.8) is 0 Å². The minimum Gasteiger partial charge on any atom is -0.400 e. The topological polar surface area (TPSA) is 101 Å². The molecule has 0 atom stereocenters. The third-order valence-corrected chi connectivity index (χ3v) is 9.00. The Labute approximate surface area is 291 Å². The molecule has 46 heavy (non-hydrogen) atoms. The van der Waals surface area contributed by atoms with Crippen molar-refractivity contribution >= 4 is 0 Å². The van der Waals surface area contributed by atoms with E-state index < -0.39 is 0 Å². The molecule has 0 aromatic carbocycles. The molecule has 5 nitrogen and oxygen atoms in total. The zero-order valence-corrected chi connectivity index (χ0v) is 32.7. The summed E-state index contributed by atoms with van der Waals surface area (Å²) in [5.41, 5.74) is 0. The average Bonchev–Trinajstić information content (AvgIpc) is 3.13. The minimum atomic E-state index is 1.00. The van der Waals surface area contributed by atoms with Crippen LogP contribution in [0.3, 0.4) is 0 Å². The Morgan fingerprint density at radius 1 is 0.109 bits per heavy atom. The number of hydrogen-bond acceptors (Lipinski definition) is 5. The van der Waals surface area contributed by atoms with Crippen LogP contribution < -0.4 is 0 Å². The Balaban J connectivity index is -0.000000508. The average molecular weight is 665 g/mol. The first kappa shape index (κ1) is 55.2. The van der Waals surface area contributed by atoms with Crippen molar-refractivity contribution in [2.75, 3.05) is 35.5 Å². The van der Waals surface area contributed by atoms with Gasteiger partial charge < -0.3 is 25.5 Å². The van der Waals surface area contributed by atoms with Crippen molar-refractivity contribution in [1.82, 2.24) is 0 Å². The largest absolute Gasteiger partial charge is 0.400 e. The van der Waals surface area contributed by atoms with Crippen molar-refractivity contribution in [3.8, 4) is 0 Å². The molecule has 1 aliphatic carbocycles. The van der Waals surface area contributed by atoms with Crippen LogP contribution in [-0.4, -0.2) is 61.1 Å². The first-order chi connectivity index (χ1) is 23.0. The van der Waals surface area contributed by atoms with E-state index in [0.717, 1.165) is 35.5 Å². The molecule has 5 N–H and O–H groups in total. The molecular weight excluding hydrogens is 572 g/mol. The number of hydrogen-bond donors (Lipinski definition) is 5. The van der Waals surface area contributed by atoms with E-state index in [0.29, 0.717) is 0 Å². The van der Waals surface area contributed by atoms with E-state index in [1.807, 2.05) is 0 Å². The molecule has 1 rings (SSSR count). The summed E-state index contributed by atoms with van der Waals surface area (Å²) in [4.78, 5) is 0. The van der Waals surface area contributed by atoms with Gasteiger partial charge in [0.05, 0.1) is 0 Å². The van der Waals surface area contributed by atoms with E-state index >= 15 is 0 Å². The quantitative estimate of drug-likeness (QED) is 0.177. The highest BCUT2D eigenvalue weighted by Crippen LogP contribution is 2.18. The Bertz CT molecular complexity index is 209. The Morgan fingerprint density at radius 2 is 0.130 bits per heavy atom. The summed E-state index contributed by atoms with van der Waals surface area (Å²) in [5.74, 6) is 0. The van der Waals surface area contributed by atoms with Gasteiger partial charge in [0.25, 0.3) is 0 Å². The molecule has 0 bridgehead atoms. The standard InChI is InChI=1S/C36H72.5CH4O/c1-2-4-6-8-10-12-14-16-18-20-22-24-26-28-30-32-34-36-35-33-31-29-27-25-23-21-19-17-15-13-11-9-7-5-3-1;5*1-2/h1-36H2;5*2H,1H3. The molecule has 0 spiro atoms. The van der Waals surface area contributed by atoms with Crippen LogP contribution in [0, 0.1) is 0 Å². The van der Waals surface area contributed by atoms with Gasteiger partial charge in [0, 0.05) is 35.5 Å². The van der Waals surface area contributed by atoms with Crippen LogP contribution in [0.15, 0.2) is 0 Å². The van der Waals surface area contributed by atoms with Gasteiger partial charge in [-0.05, 0) is 0 Å². The van der Waals surface area contributed by atoms with Crippen molar-refractivity contribution in [3.05, 3.63) is 0 Å². The number of rotatable bonds is 0. The highest BCUT2D eigenvalue weighted by atomic mass is 16.2. The lowest BCUT2D eigenvalue weighted by atomic mass is 10.0. The van der Waals surface area contributed by atoms with E-state index in [2.05, 4.69) is 0 Å². The van der Waals surface area contributed by atoms with Crippen molar-refractivity contribution in [1.29, 1.82) is 0 Å². The van der Waals surface area contributed by atoms with Crippen LogP contribution in [0.5, 0.6) is 0 Å². The van der Waals surface area contributed by atoms with Crippen LogP contribution in [0.1, 0.15) is 231 Å². The fraction of sp³-hybridized carbons (Fsp3) is 1.00. The molecule has 1 fully saturated rings. The molecule has 0 aliphatic heterocycles. The van der Waals surface area contributed by atoms with Gasteiger partial charge in [-0.15, -0.1) is 0 Å². The fourth-order valence-electron chi connectivity index (χ4n) is 6.36. The van der Waals surface area contributed by atoms with Gasteiger partial charge >= 0.3 is 0 Å². The van der Waals surface area contributed by atoms with E-state index in [4.69, 9.17) is 25.5 Å². The van der Waals surface area contributed by atoms with Gasteiger partial charge in [-0.1, -0.05) is 231 Å². The Kier molecular flexibility index (Phi) is 80.5. The summed E-state index contributed by atoms with van der Waals surface area (Å²) >= 11 is 0. The zero-order valence-electron chi connectivity index (χ0n) is 32.7. The van der Waals surface area contributed by atoms with Crippen molar-refractivity contribution < 1.29 is 25.5 Å². The fourth-order valence-corrected chi connectivity index (χ4v) is 6.36. The Hall–Kier alpha value is -0.200. The molecule has 0 saturated heterocycles. The zero-order chi connectivity index (χ0) is 35.5. The molecule has 0 radical (unpaired) electrons. The monoisotopic (exact) mass is 665 g/mol. The highest BCUT2D eigenvalue weighted by molar-refractivity contribution is 4.54. The second kappa shape index (κ2) is 67.1. The van der Waals surface area contributed by atoms with Crippen LogP contribution in [0.25, 0.3) is 0 Å². The van der Waals surface area contributed by atoms with Gasteiger partial charge in [-0.3, -0.25) is 0 Å². The second-order valence-electron chi connectivity index (χ2n) is 12.7. The first-order valence-electron chi connectivity index (χ1n) is 20.2. The van der Waals surface area contributed by atoms with Gasteiger partial charge in [0.2, 0.25) is 0 Å². The predicted octanol–water partition coefficient (Wildman–Crippen LogP) is 12.1. The van der Waals surface area contributed by atoms with Gasteiger partial charge in [0.1, 0.15) is 0 Å². The lowest BCUT2D eigenvalue weighted by Gasteiger charge is -2.05. The highest BCUT2D eigenvalue weighted by Gasteiger charge is 1.98. The van der Waals surface area contributed by atoms with Crippen LogP contribution in [0.4, 0.5) is 0 Å². The van der Waals surface area contributed by atoms with Gasteiger partial charge in [-0.25, -0.2) is 0 Å². The first-order valence-corrected chi connectivity index (χ1v) is 20.2. The lowest BCUT2D eigenvalue weighted by Crippen LogP contribution is -1.85. The molecular formula is C41H92O5. The van der Waals surface area contributed by atoms with Crippen LogP contribution in [0.2, 0.25) is 0 Å². The maximum Gasteiger partial charge on any atom is 0.0319 e. The smallest absolute Gasteiger partial charge is 0.0319 e. The van der Waals surface area contributed by atoms with Crippen LogP contribution in [-0.2, 0) is 0 Å². The second-order valence-corrected chi connectivity index (χ2v) is 12.7. The normalized spacial score (nSPS) is 19.4. The van der Waals surface area contributed by atoms with Gasteiger partial charge in [0.15, 0.2) is 0 Å². The van der Waals surface area contributed by atoms with Crippen LogP contribution >= 0.6 is 0 Å². The molecule has 0 aromatic heterocycles. The van der Waals surface area contributed by atoms with E-state index in [9.17, 15) is 0 Å². The third kappa shape index (κ3) is 62.6. The van der Waals surface area contributed by atoms with Gasteiger partial charge in [-0.2, -0.15) is 0 Å². The summed E-state index contributed by atoms with van der Waals surface area (Å²) in [6, 6.07) is 0. The molecule has 0 amide bonds. The third-order valence-electron chi connectivity index (χ3n) is 9.00. The predicted molar refractivity (Wildman–Crippen MR) is 207 cm³/mol. The Morgan fingerprint density at radius 3 is 0.152 bits per heavy atom. The number of aliphatic hydroxyl groups excluding tert-OH is 5. The number of aliphatic hydroxyl groups is 5. The van der Waals surface area contributed by atoms with E-state index in [1.165, 1.54) is 231 Å². The molecule has 0 heterocycles. The van der Waals surface area contributed by atoms with Crippen molar-refractivity contribution in [2.45, 2.75) is 231 Å². The summed E-state index contributed by atoms with van der Waals surface area (Å²) in [5, 5.41) is 35.0. The van der Waals surface area contributed by atoms with Crippen molar-refractivity contribution in [2.24, 2.45) is 0 Å². The maximum atomic E-state index is 7.00. The molecule has 0 unspecified atom stereocenters. The molecule has 1 aliphatic rings. The molecule has 286 valence electrons. The molecule has 1 saturated carbocycles. The maximum absolute atomic E-state index is 7.00. The van der Waals surface area contributed by atoms with E-state index in [-0.39, 0.29) is 0 Å².